The second-order valence-corrected chi connectivity index (χ2v) is 7.47. The Morgan fingerprint density at radius 2 is 1.66 bits per heavy atom. The van der Waals surface area contributed by atoms with Gasteiger partial charge in [-0.05, 0) is 66.9 Å². The van der Waals surface area contributed by atoms with Crippen molar-refractivity contribution < 1.29 is 14.0 Å². The van der Waals surface area contributed by atoms with Crippen LogP contribution in [0.15, 0.2) is 71.0 Å². The van der Waals surface area contributed by atoms with Gasteiger partial charge in [0.1, 0.15) is 11.5 Å². The van der Waals surface area contributed by atoms with Crippen LogP contribution in [0.1, 0.15) is 22.5 Å². The normalized spacial score (nSPS) is 14.1. The maximum atomic E-state index is 13.2. The molecule has 29 heavy (non-hydrogen) atoms. The van der Waals surface area contributed by atoms with E-state index >= 15 is 0 Å². The second kappa shape index (κ2) is 7.60. The van der Waals surface area contributed by atoms with E-state index in [1.54, 1.807) is 36.4 Å². The van der Waals surface area contributed by atoms with Crippen LogP contribution < -0.4 is 5.32 Å². The first-order valence-electron chi connectivity index (χ1n) is 9.16. The average molecular weight is 407 g/mol. The molecule has 3 aromatic rings. The van der Waals surface area contributed by atoms with Crippen molar-refractivity contribution in [1.29, 1.82) is 0 Å². The molecule has 0 saturated carbocycles. The number of amides is 2. The molecule has 5 nitrogen and oxygen atoms in total. The van der Waals surface area contributed by atoms with Crippen LogP contribution in [0, 0.1) is 13.8 Å². The highest BCUT2D eigenvalue weighted by Gasteiger charge is 2.39. The van der Waals surface area contributed by atoms with Gasteiger partial charge in [-0.3, -0.25) is 14.5 Å². The lowest BCUT2D eigenvalue weighted by atomic mass is 10.0. The summed E-state index contributed by atoms with van der Waals surface area (Å²) < 4.78 is 5.33. The highest BCUT2D eigenvalue weighted by Crippen LogP contribution is 2.32. The summed E-state index contributed by atoms with van der Waals surface area (Å²) in [6.07, 6.45) is 1.52. The van der Waals surface area contributed by atoms with Crippen molar-refractivity contribution in [2.75, 3.05) is 5.32 Å². The standard InChI is InChI=1S/C23H19ClN2O3/c1-14-10-15(2)12-18(11-14)25-21-20(16-5-7-17(24)8-6-16)22(27)26(23(21)28)13-19-4-3-9-29-19/h3-12,25H,13H2,1-2H3. The second-order valence-electron chi connectivity index (χ2n) is 7.03. The molecule has 4 rings (SSSR count). The topological polar surface area (TPSA) is 62.6 Å². The minimum absolute atomic E-state index is 0.0692. The number of nitrogens with zero attached hydrogens (tertiary/aromatic N) is 1. The molecule has 0 bridgehead atoms. The molecule has 0 unspecified atom stereocenters. The molecule has 2 amide bonds. The zero-order valence-corrected chi connectivity index (χ0v) is 16.8. The lowest BCUT2D eigenvalue weighted by Gasteiger charge is -2.14. The van der Waals surface area contributed by atoms with Crippen molar-refractivity contribution in [2.24, 2.45) is 0 Å². The lowest BCUT2D eigenvalue weighted by molar-refractivity contribution is -0.137. The predicted molar refractivity (Wildman–Crippen MR) is 112 cm³/mol. The van der Waals surface area contributed by atoms with Crippen LogP contribution in [0.5, 0.6) is 0 Å². The molecular weight excluding hydrogens is 388 g/mol. The van der Waals surface area contributed by atoms with Gasteiger partial charge in [0, 0.05) is 10.7 Å². The highest BCUT2D eigenvalue weighted by atomic mass is 35.5. The first kappa shape index (κ1) is 19.0. The number of halogens is 1. The molecule has 0 spiro atoms. The monoisotopic (exact) mass is 406 g/mol. The summed E-state index contributed by atoms with van der Waals surface area (Å²) in [5.74, 6) is -0.231. The Balaban J connectivity index is 1.77. The molecule has 2 aromatic carbocycles. The molecule has 0 atom stereocenters. The number of rotatable bonds is 5. The Labute approximate surface area is 173 Å². The van der Waals surface area contributed by atoms with E-state index in [2.05, 4.69) is 5.32 Å². The smallest absolute Gasteiger partial charge is 0.278 e. The summed E-state index contributed by atoms with van der Waals surface area (Å²) in [4.78, 5) is 27.6. The predicted octanol–water partition coefficient (Wildman–Crippen LogP) is 4.94. The summed E-state index contributed by atoms with van der Waals surface area (Å²) in [7, 11) is 0. The van der Waals surface area contributed by atoms with Gasteiger partial charge in [0.05, 0.1) is 18.4 Å². The Kier molecular flexibility index (Phi) is 4.99. The molecular formula is C23H19ClN2O3. The summed E-state index contributed by atoms with van der Waals surface area (Å²) in [6, 6.07) is 16.3. The Morgan fingerprint density at radius 1 is 0.966 bits per heavy atom. The zero-order chi connectivity index (χ0) is 20.5. The molecule has 0 aliphatic carbocycles. The van der Waals surface area contributed by atoms with Crippen molar-refractivity contribution in [1.82, 2.24) is 4.90 Å². The van der Waals surface area contributed by atoms with E-state index in [1.807, 2.05) is 32.0 Å². The molecule has 1 aliphatic rings. The Bertz CT molecular complexity index is 1100. The van der Waals surface area contributed by atoms with Gasteiger partial charge in [-0.15, -0.1) is 0 Å². The van der Waals surface area contributed by atoms with Crippen LogP contribution >= 0.6 is 11.6 Å². The van der Waals surface area contributed by atoms with E-state index < -0.39 is 5.91 Å². The molecule has 1 aromatic heterocycles. The van der Waals surface area contributed by atoms with Gasteiger partial charge in [-0.1, -0.05) is 29.8 Å². The summed E-state index contributed by atoms with van der Waals surface area (Å²) in [6.45, 7) is 4.04. The van der Waals surface area contributed by atoms with E-state index in [9.17, 15) is 9.59 Å². The SMILES string of the molecule is Cc1cc(C)cc(NC2=C(c3ccc(Cl)cc3)C(=O)N(Cc3ccco3)C2=O)c1. The fourth-order valence-corrected chi connectivity index (χ4v) is 3.60. The fraction of sp³-hybridized carbons (Fsp3) is 0.130. The summed E-state index contributed by atoms with van der Waals surface area (Å²) in [5.41, 5.74) is 4.06. The number of carbonyl (C=O) groups excluding carboxylic acids is 2. The minimum Gasteiger partial charge on any atom is -0.467 e. The van der Waals surface area contributed by atoms with Crippen molar-refractivity contribution in [3.63, 3.8) is 0 Å². The quantitative estimate of drug-likeness (QED) is 0.609. The van der Waals surface area contributed by atoms with Gasteiger partial charge in [0.2, 0.25) is 0 Å². The van der Waals surface area contributed by atoms with Gasteiger partial charge in [-0.25, -0.2) is 0 Å². The molecule has 2 heterocycles. The van der Waals surface area contributed by atoms with Crippen LogP contribution in [0.2, 0.25) is 5.02 Å². The number of imide groups is 1. The maximum Gasteiger partial charge on any atom is 0.278 e. The first-order chi connectivity index (χ1) is 13.9. The molecule has 1 N–H and O–H groups in total. The molecule has 6 heteroatoms. The van der Waals surface area contributed by atoms with Crippen molar-refractivity contribution in [3.05, 3.63) is 94.0 Å². The fourth-order valence-electron chi connectivity index (χ4n) is 3.47. The van der Waals surface area contributed by atoms with E-state index in [0.29, 0.717) is 21.9 Å². The number of hydrogen-bond donors (Lipinski definition) is 1. The van der Waals surface area contributed by atoms with Gasteiger partial charge in [0.15, 0.2) is 0 Å². The van der Waals surface area contributed by atoms with Crippen LogP contribution in [0.25, 0.3) is 5.57 Å². The summed E-state index contributed by atoms with van der Waals surface area (Å²) >= 11 is 6.00. The number of anilines is 1. The average Bonchev–Trinajstić information content (AvgIpc) is 3.25. The van der Waals surface area contributed by atoms with Crippen molar-refractivity contribution in [3.8, 4) is 0 Å². The molecule has 0 radical (unpaired) electrons. The zero-order valence-electron chi connectivity index (χ0n) is 16.0. The van der Waals surface area contributed by atoms with Crippen molar-refractivity contribution >= 4 is 34.7 Å². The molecule has 1 aliphatic heterocycles. The maximum absolute atomic E-state index is 13.2. The number of hydrogen-bond acceptors (Lipinski definition) is 4. The highest BCUT2D eigenvalue weighted by molar-refractivity contribution is 6.36. The molecule has 0 fully saturated rings. The Hall–Kier alpha value is -3.31. The number of benzene rings is 2. The molecule has 146 valence electrons. The number of furan rings is 1. The van der Waals surface area contributed by atoms with E-state index in [4.69, 9.17) is 16.0 Å². The van der Waals surface area contributed by atoms with Gasteiger partial charge >= 0.3 is 0 Å². The van der Waals surface area contributed by atoms with Crippen LogP contribution in [0.4, 0.5) is 5.69 Å². The van der Waals surface area contributed by atoms with E-state index in [-0.39, 0.29) is 18.1 Å². The van der Waals surface area contributed by atoms with Crippen LogP contribution in [-0.2, 0) is 16.1 Å². The van der Waals surface area contributed by atoms with Gasteiger partial charge in [-0.2, -0.15) is 0 Å². The molecule has 0 saturated heterocycles. The summed E-state index contributed by atoms with van der Waals surface area (Å²) in [5, 5.41) is 3.74. The van der Waals surface area contributed by atoms with Gasteiger partial charge < -0.3 is 9.73 Å². The van der Waals surface area contributed by atoms with Crippen LogP contribution in [-0.4, -0.2) is 16.7 Å². The minimum atomic E-state index is -0.393. The Morgan fingerprint density at radius 3 is 2.28 bits per heavy atom. The van der Waals surface area contributed by atoms with E-state index in [0.717, 1.165) is 16.8 Å². The lowest BCUT2D eigenvalue weighted by Crippen LogP contribution is -2.31. The third-order valence-electron chi connectivity index (χ3n) is 4.69. The van der Waals surface area contributed by atoms with Gasteiger partial charge in [0.25, 0.3) is 11.8 Å². The third-order valence-corrected chi connectivity index (χ3v) is 4.94. The largest absolute Gasteiger partial charge is 0.467 e. The third kappa shape index (κ3) is 3.82. The van der Waals surface area contributed by atoms with Crippen molar-refractivity contribution in [2.45, 2.75) is 20.4 Å². The first-order valence-corrected chi connectivity index (χ1v) is 9.54. The van der Waals surface area contributed by atoms with Crippen LogP contribution in [0.3, 0.4) is 0 Å². The number of nitrogens with one attached hydrogen (secondary N) is 1. The number of carbonyl (C=O) groups is 2. The van der Waals surface area contributed by atoms with E-state index in [1.165, 1.54) is 11.2 Å². The number of aryl methyl sites for hydroxylation is 2.